The fourth-order valence-corrected chi connectivity index (χ4v) is 5.71. The van der Waals surface area contributed by atoms with Crippen molar-refractivity contribution in [2.45, 2.75) is 31.6 Å². The summed E-state index contributed by atoms with van der Waals surface area (Å²) in [5.74, 6) is -3.92. The van der Waals surface area contributed by atoms with E-state index in [0.29, 0.717) is 23.9 Å². The Morgan fingerprint density at radius 2 is 1.89 bits per heavy atom. The van der Waals surface area contributed by atoms with Crippen LogP contribution in [0.1, 0.15) is 18.4 Å². The predicted molar refractivity (Wildman–Crippen MR) is 135 cm³/mol. The molecule has 1 aromatic heterocycles. The zero-order valence-electron chi connectivity index (χ0n) is 20.9. The van der Waals surface area contributed by atoms with Crippen molar-refractivity contribution in [3.63, 3.8) is 0 Å². The minimum Gasteiger partial charge on any atom is -0.501 e. The number of aromatic nitrogens is 1. The Hall–Kier alpha value is -3.71. The van der Waals surface area contributed by atoms with Gasteiger partial charge in [0.15, 0.2) is 5.70 Å². The molecule has 0 bridgehead atoms. The number of sulfonamides is 1. The van der Waals surface area contributed by atoms with Crippen LogP contribution in [-0.2, 0) is 31.0 Å². The third kappa shape index (κ3) is 4.83. The number of fused-ring (bicyclic) bond motifs is 2. The monoisotopic (exact) mass is 530 g/mol. The summed E-state index contributed by atoms with van der Waals surface area (Å²) in [6, 6.07) is 8.56. The molecule has 0 spiro atoms. The number of para-hydroxylation sites is 1. The average Bonchev–Trinajstić information content (AvgIpc) is 2.85. The van der Waals surface area contributed by atoms with Gasteiger partial charge in [0.1, 0.15) is 11.9 Å². The summed E-state index contributed by atoms with van der Waals surface area (Å²) in [5.41, 5.74) is 6.68. The molecule has 13 heteroatoms. The third-order valence-electron chi connectivity index (χ3n) is 6.90. The van der Waals surface area contributed by atoms with Gasteiger partial charge in [0.05, 0.1) is 11.6 Å². The first-order chi connectivity index (χ1) is 17.4. The highest BCUT2D eigenvalue weighted by molar-refractivity contribution is 7.89. The molecule has 3 N–H and O–H groups in total. The first kappa shape index (κ1) is 26.4. The predicted octanol–water partition coefficient (Wildman–Crippen LogP) is -0.0278. The summed E-state index contributed by atoms with van der Waals surface area (Å²) in [6.07, 6.45) is 1.72. The molecule has 2 aromatic rings. The van der Waals surface area contributed by atoms with Crippen LogP contribution in [0.25, 0.3) is 10.9 Å². The molecule has 0 aliphatic carbocycles. The molecular weight excluding hydrogens is 500 g/mol. The van der Waals surface area contributed by atoms with Gasteiger partial charge in [0, 0.05) is 45.8 Å². The lowest BCUT2D eigenvalue weighted by molar-refractivity contribution is -0.153. The van der Waals surface area contributed by atoms with Crippen LogP contribution in [0.3, 0.4) is 0 Å². The van der Waals surface area contributed by atoms with E-state index < -0.39 is 51.5 Å². The van der Waals surface area contributed by atoms with E-state index in [2.05, 4.69) is 4.98 Å². The summed E-state index contributed by atoms with van der Waals surface area (Å²) >= 11 is 0. The molecule has 0 radical (unpaired) electrons. The van der Waals surface area contributed by atoms with Gasteiger partial charge in [-0.3, -0.25) is 19.4 Å². The zero-order chi connectivity index (χ0) is 27.1. The number of amides is 3. The maximum Gasteiger partial charge on any atom is 0.292 e. The molecule has 0 saturated carbocycles. The van der Waals surface area contributed by atoms with Gasteiger partial charge in [0.25, 0.3) is 11.8 Å². The summed E-state index contributed by atoms with van der Waals surface area (Å²) < 4.78 is 25.7. The van der Waals surface area contributed by atoms with Crippen LogP contribution in [0.2, 0.25) is 0 Å². The first-order valence-electron chi connectivity index (χ1n) is 11.7. The van der Waals surface area contributed by atoms with Gasteiger partial charge in [-0.05, 0) is 24.5 Å². The SMILES string of the molecule is CN(C(=O)CS(=O)(=O)N(C)C)C1CCCN2C(=O)C(O)=C(C(N)=O)N(Cc3cccc4cccnc34)C12. The number of hydrogen-bond donors (Lipinski definition) is 2. The third-order valence-corrected chi connectivity index (χ3v) is 8.62. The van der Waals surface area contributed by atoms with Gasteiger partial charge < -0.3 is 25.5 Å². The Morgan fingerprint density at radius 3 is 2.57 bits per heavy atom. The topological polar surface area (TPSA) is 157 Å². The van der Waals surface area contributed by atoms with E-state index in [4.69, 9.17) is 5.73 Å². The van der Waals surface area contributed by atoms with Crippen LogP contribution in [0.4, 0.5) is 0 Å². The maximum atomic E-state index is 13.1. The molecule has 3 heterocycles. The first-order valence-corrected chi connectivity index (χ1v) is 13.3. The number of aliphatic hydroxyl groups is 1. The van der Waals surface area contributed by atoms with Gasteiger partial charge in [-0.1, -0.05) is 24.3 Å². The zero-order valence-corrected chi connectivity index (χ0v) is 21.7. The van der Waals surface area contributed by atoms with Crippen LogP contribution in [0.5, 0.6) is 0 Å². The van der Waals surface area contributed by atoms with E-state index in [1.807, 2.05) is 24.3 Å². The van der Waals surface area contributed by atoms with Gasteiger partial charge in [-0.15, -0.1) is 0 Å². The van der Waals surface area contributed by atoms with Crippen LogP contribution >= 0.6 is 0 Å². The number of likely N-dealkylation sites (N-methyl/N-ethyl adjacent to an activating group) is 1. The molecule has 2 aliphatic heterocycles. The summed E-state index contributed by atoms with van der Waals surface area (Å²) in [7, 11) is 0.343. The lowest BCUT2D eigenvalue weighted by Gasteiger charge is -2.52. The molecule has 37 heavy (non-hydrogen) atoms. The normalized spacial score (nSPS) is 20.4. The van der Waals surface area contributed by atoms with Gasteiger partial charge >= 0.3 is 0 Å². The van der Waals surface area contributed by atoms with Crippen LogP contribution in [-0.4, -0.2) is 101 Å². The Labute approximate surface area is 215 Å². The van der Waals surface area contributed by atoms with Crippen molar-refractivity contribution in [2.24, 2.45) is 5.73 Å². The van der Waals surface area contributed by atoms with E-state index in [-0.39, 0.29) is 18.8 Å². The van der Waals surface area contributed by atoms with Gasteiger partial charge in [-0.2, -0.15) is 0 Å². The van der Waals surface area contributed by atoms with E-state index in [1.165, 1.54) is 35.8 Å². The average molecular weight is 531 g/mol. The maximum absolute atomic E-state index is 13.1. The number of hydrogen-bond acceptors (Lipinski definition) is 8. The number of rotatable bonds is 7. The Balaban J connectivity index is 1.79. The minimum atomic E-state index is -3.82. The highest BCUT2D eigenvalue weighted by atomic mass is 32.2. The number of carbonyl (C=O) groups excluding carboxylic acids is 3. The summed E-state index contributed by atoms with van der Waals surface area (Å²) in [5, 5.41) is 11.6. The summed E-state index contributed by atoms with van der Waals surface area (Å²) in [6.45, 7) is 0.331. The van der Waals surface area contributed by atoms with Crippen LogP contribution < -0.4 is 5.73 Å². The van der Waals surface area contributed by atoms with Crippen LogP contribution in [0, 0.1) is 0 Å². The standard InChI is InChI=1S/C24H30N6O6S/c1-27(2)37(35,36)14-18(31)28(3)17-10-6-12-29-23(17)30(20(22(25)33)21(32)24(29)34)13-16-8-4-7-15-9-5-11-26-19(15)16/h4-5,7-9,11,17,23,32H,6,10,12-14H2,1-3H3,(H2,25,33). The van der Waals surface area contributed by atoms with Crippen molar-refractivity contribution in [1.82, 2.24) is 24.0 Å². The Kier molecular flexibility index (Phi) is 7.11. The minimum absolute atomic E-state index is 0.0552. The van der Waals surface area contributed by atoms with Gasteiger partial charge in [0.2, 0.25) is 21.7 Å². The largest absolute Gasteiger partial charge is 0.501 e. The smallest absolute Gasteiger partial charge is 0.292 e. The highest BCUT2D eigenvalue weighted by Crippen LogP contribution is 2.35. The van der Waals surface area contributed by atoms with Crippen molar-refractivity contribution in [2.75, 3.05) is 33.4 Å². The number of carbonyl (C=O) groups is 3. The van der Waals surface area contributed by atoms with Crippen molar-refractivity contribution in [3.8, 4) is 0 Å². The molecule has 1 fully saturated rings. The highest BCUT2D eigenvalue weighted by Gasteiger charge is 2.49. The number of piperidine rings is 1. The second kappa shape index (κ2) is 9.98. The molecule has 2 aliphatic rings. The lowest BCUT2D eigenvalue weighted by atomic mass is 9.94. The molecule has 2 atom stereocenters. The number of nitrogens with two attached hydrogens (primary N) is 1. The van der Waals surface area contributed by atoms with Gasteiger partial charge in [-0.25, -0.2) is 12.7 Å². The molecule has 1 saturated heterocycles. The van der Waals surface area contributed by atoms with Crippen molar-refractivity contribution in [1.29, 1.82) is 0 Å². The number of aliphatic hydroxyl groups excluding tert-OH is 1. The number of pyridine rings is 1. The fraction of sp³-hybridized carbons (Fsp3) is 0.417. The van der Waals surface area contributed by atoms with E-state index >= 15 is 0 Å². The lowest BCUT2D eigenvalue weighted by Crippen LogP contribution is -2.67. The number of nitrogens with zero attached hydrogens (tertiary/aromatic N) is 5. The van der Waals surface area contributed by atoms with Crippen LogP contribution in [0.15, 0.2) is 48.0 Å². The molecular formula is C24H30N6O6S. The second-order valence-electron chi connectivity index (χ2n) is 9.35. The van der Waals surface area contributed by atoms with Crippen molar-refractivity contribution < 1.29 is 27.9 Å². The van der Waals surface area contributed by atoms with E-state index in [0.717, 1.165) is 9.69 Å². The molecule has 2 unspecified atom stereocenters. The van der Waals surface area contributed by atoms with Crippen molar-refractivity contribution in [3.05, 3.63) is 53.5 Å². The molecule has 198 valence electrons. The molecule has 1 aromatic carbocycles. The Morgan fingerprint density at radius 1 is 1.19 bits per heavy atom. The quantitative estimate of drug-likeness (QED) is 0.505. The van der Waals surface area contributed by atoms with E-state index in [1.54, 1.807) is 12.3 Å². The molecule has 4 rings (SSSR count). The fourth-order valence-electron chi connectivity index (χ4n) is 4.94. The van der Waals surface area contributed by atoms with Crippen molar-refractivity contribution >= 4 is 38.6 Å². The van der Waals surface area contributed by atoms with E-state index in [9.17, 15) is 27.9 Å². The number of benzene rings is 1. The summed E-state index contributed by atoms with van der Waals surface area (Å²) in [4.78, 5) is 47.4. The Bertz CT molecular complexity index is 1390. The second-order valence-corrected chi connectivity index (χ2v) is 11.5. The number of primary amides is 1. The molecule has 3 amide bonds. The molecule has 12 nitrogen and oxygen atoms in total.